The van der Waals surface area contributed by atoms with E-state index in [0.29, 0.717) is 5.41 Å². The first-order valence-electron chi connectivity index (χ1n) is 4.84. The van der Waals surface area contributed by atoms with Gasteiger partial charge in [-0.1, -0.05) is 22.4 Å². The number of hydrogen-bond acceptors (Lipinski definition) is 1. The molecule has 1 aromatic rings. The SMILES string of the molecule is Cc1cc(CC2(CBr)CCC2)cs1. The highest BCUT2D eigenvalue weighted by molar-refractivity contribution is 9.09. The normalized spacial score (nSPS) is 19.8. The maximum atomic E-state index is 3.65. The smallest absolute Gasteiger partial charge is 0.00911 e. The Morgan fingerprint density at radius 1 is 1.54 bits per heavy atom. The number of thiophene rings is 1. The fraction of sp³-hybridized carbons (Fsp3) is 0.636. The van der Waals surface area contributed by atoms with E-state index in [9.17, 15) is 0 Å². The Hall–Kier alpha value is 0.180. The van der Waals surface area contributed by atoms with Gasteiger partial charge in [0.2, 0.25) is 0 Å². The van der Waals surface area contributed by atoms with Crippen LogP contribution in [0.4, 0.5) is 0 Å². The Kier molecular flexibility index (Phi) is 2.80. The van der Waals surface area contributed by atoms with Gasteiger partial charge in [0.25, 0.3) is 0 Å². The standard InChI is InChI=1S/C11H15BrS/c1-9-5-10(7-13-9)6-11(8-12)3-2-4-11/h5,7H,2-4,6,8H2,1H3. The van der Waals surface area contributed by atoms with Crippen molar-refractivity contribution in [2.45, 2.75) is 32.6 Å². The molecular formula is C11H15BrS. The summed E-state index contributed by atoms with van der Waals surface area (Å²) in [6.45, 7) is 2.19. The predicted octanol–water partition coefficient (Wildman–Crippen LogP) is 4.16. The third-order valence-electron chi connectivity index (χ3n) is 3.06. The Bertz CT molecular complexity index is 281. The molecule has 2 rings (SSSR count). The molecular weight excluding hydrogens is 244 g/mol. The zero-order chi connectivity index (χ0) is 9.31. The van der Waals surface area contributed by atoms with Crippen molar-refractivity contribution in [3.63, 3.8) is 0 Å². The molecule has 1 heterocycles. The minimum absolute atomic E-state index is 0.605. The summed E-state index contributed by atoms with van der Waals surface area (Å²) in [4.78, 5) is 1.44. The number of hydrogen-bond donors (Lipinski definition) is 0. The zero-order valence-electron chi connectivity index (χ0n) is 7.98. The van der Waals surface area contributed by atoms with Crippen molar-refractivity contribution in [1.29, 1.82) is 0 Å². The van der Waals surface area contributed by atoms with Gasteiger partial charge >= 0.3 is 0 Å². The number of halogens is 1. The van der Waals surface area contributed by atoms with Crippen molar-refractivity contribution >= 4 is 27.3 Å². The molecule has 0 bridgehead atoms. The average molecular weight is 259 g/mol. The minimum atomic E-state index is 0.605. The lowest BCUT2D eigenvalue weighted by Gasteiger charge is -2.40. The van der Waals surface area contributed by atoms with Crippen LogP contribution in [0.3, 0.4) is 0 Å². The van der Waals surface area contributed by atoms with Crippen LogP contribution in [0.1, 0.15) is 29.7 Å². The van der Waals surface area contributed by atoms with E-state index in [2.05, 4.69) is 34.3 Å². The fourth-order valence-corrected chi connectivity index (χ4v) is 3.52. The summed E-state index contributed by atoms with van der Waals surface area (Å²) in [6.07, 6.45) is 5.53. The van der Waals surface area contributed by atoms with Crippen LogP contribution in [-0.2, 0) is 6.42 Å². The summed E-state index contributed by atoms with van der Waals surface area (Å²) >= 11 is 5.53. The highest BCUT2D eigenvalue weighted by Gasteiger charge is 2.35. The molecule has 0 N–H and O–H groups in total. The van der Waals surface area contributed by atoms with E-state index < -0.39 is 0 Å². The number of rotatable bonds is 3. The molecule has 1 aromatic heterocycles. The van der Waals surface area contributed by atoms with Gasteiger partial charge in [-0.15, -0.1) is 11.3 Å². The van der Waals surface area contributed by atoms with E-state index >= 15 is 0 Å². The van der Waals surface area contributed by atoms with Gasteiger partial charge in [-0.3, -0.25) is 0 Å². The maximum Gasteiger partial charge on any atom is 0.00911 e. The van der Waals surface area contributed by atoms with E-state index in [0.717, 1.165) is 0 Å². The van der Waals surface area contributed by atoms with Crippen LogP contribution in [0.15, 0.2) is 11.4 Å². The van der Waals surface area contributed by atoms with Crippen molar-refractivity contribution in [3.05, 3.63) is 21.9 Å². The Morgan fingerprint density at radius 3 is 2.69 bits per heavy atom. The van der Waals surface area contributed by atoms with Crippen LogP contribution in [0.25, 0.3) is 0 Å². The monoisotopic (exact) mass is 258 g/mol. The largest absolute Gasteiger partial charge is 0.149 e. The first kappa shape index (κ1) is 9.72. The second kappa shape index (κ2) is 3.74. The van der Waals surface area contributed by atoms with Crippen LogP contribution < -0.4 is 0 Å². The molecule has 1 saturated carbocycles. The van der Waals surface area contributed by atoms with E-state index in [4.69, 9.17) is 0 Å². The van der Waals surface area contributed by atoms with Gasteiger partial charge in [-0.2, -0.15) is 0 Å². The summed E-state index contributed by atoms with van der Waals surface area (Å²) < 4.78 is 0. The summed E-state index contributed by atoms with van der Waals surface area (Å²) in [6, 6.07) is 2.34. The zero-order valence-corrected chi connectivity index (χ0v) is 10.4. The Balaban J connectivity index is 2.04. The highest BCUT2D eigenvalue weighted by Crippen LogP contribution is 2.45. The van der Waals surface area contributed by atoms with Gasteiger partial charge in [0.1, 0.15) is 0 Å². The second-order valence-corrected chi connectivity index (χ2v) is 5.91. The number of aryl methyl sites for hydroxylation is 1. The van der Waals surface area contributed by atoms with E-state index in [-0.39, 0.29) is 0 Å². The van der Waals surface area contributed by atoms with E-state index in [1.165, 1.54) is 35.9 Å². The molecule has 1 aliphatic rings. The first-order valence-corrected chi connectivity index (χ1v) is 6.84. The molecule has 0 aromatic carbocycles. The van der Waals surface area contributed by atoms with Crippen LogP contribution in [0, 0.1) is 12.3 Å². The molecule has 13 heavy (non-hydrogen) atoms. The Labute approximate surface area is 92.5 Å². The molecule has 0 aliphatic heterocycles. The summed E-state index contributed by atoms with van der Waals surface area (Å²) in [5, 5.41) is 3.49. The lowest BCUT2D eigenvalue weighted by atomic mass is 9.67. The molecule has 0 saturated heterocycles. The van der Waals surface area contributed by atoms with Gasteiger partial charge in [0.15, 0.2) is 0 Å². The van der Waals surface area contributed by atoms with Crippen molar-refractivity contribution in [2.24, 2.45) is 5.41 Å². The van der Waals surface area contributed by atoms with Crippen LogP contribution >= 0.6 is 27.3 Å². The molecule has 2 heteroatoms. The number of alkyl halides is 1. The minimum Gasteiger partial charge on any atom is -0.149 e. The van der Waals surface area contributed by atoms with Gasteiger partial charge < -0.3 is 0 Å². The molecule has 0 spiro atoms. The summed E-state index contributed by atoms with van der Waals surface area (Å²) in [5.41, 5.74) is 2.15. The van der Waals surface area contributed by atoms with Gasteiger partial charge in [0.05, 0.1) is 0 Å². The van der Waals surface area contributed by atoms with E-state index in [1.54, 1.807) is 5.56 Å². The topological polar surface area (TPSA) is 0 Å². The molecule has 72 valence electrons. The molecule has 0 radical (unpaired) electrons. The molecule has 1 aliphatic carbocycles. The van der Waals surface area contributed by atoms with Crippen molar-refractivity contribution in [1.82, 2.24) is 0 Å². The van der Waals surface area contributed by atoms with Crippen LogP contribution in [0.5, 0.6) is 0 Å². The van der Waals surface area contributed by atoms with Gasteiger partial charge in [0, 0.05) is 10.2 Å². The molecule has 0 atom stereocenters. The lowest BCUT2D eigenvalue weighted by Crippen LogP contribution is -2.33. The fourth-order valence-electron chi connectivity index (χ4n) is 2.06. The van der Waals surface area contributed by atoms with Crippen LogP contribution in [0.2, 0.25) is 0 Å². The molecule has 0 nitrogen and oxygen atoms in total. The van der Waals surface area contributed by atoms with Crippen molar-refractivity contribution < 1.29 is 0 Å². The van der Waals surface area contributed by atoms with Gasteiger partial charge in [-0.05, 0) is 48.6 Å². The third kappa shape index (κ3) is 1.99. The van der Waals surface area contributed by atoms with Crippen molar-refractivity contribution in [3.8, 4) is 0 Å². The quantitative estimate of drug-likeness (QED) is 0.715. The molecule has 0 amide bonds. The third-order valence-corrected chi connectivity index (χ3v) is 5.16. The highest BCUT2D eigenvalue weighted by atomic mass is 79.9. The average Bonchev–Trinajstić information content (AvgIpc) is 2.44. The summed E-state index contributed by atoms with van der Waals surface area (Å²) in [5.74, 6) is 0. The summed E-state index contributed by atoms with van der Waals surface area (Å²) in [7, 11) is 0. The van der Waals surface area contributed by atoms with E-state index in [1.807, 2.05) is 11.3 Å². The molecule has 0 unspecified atom stereocenters. The lowest BCUT2D eigenvalue weighted by molar-refractivity contribution is 0.170. The van der Waals surface area contributed by atoms with Gasteiger partial charge in [-0.25, -0.2) is 0 Å². The Morgan fingerprint density at radius 2 is 2.31 bits per heavy atom. The van der Waals surface area contributed by atoms with Crippen LogP contribution in [-0.4, -0.2) is 5.33 Å². The first-order chi connectivity index (χ1) is 6.24. The second-order valence-electron chi connectivity index (χ2n) is 4.23. The molecule has 1 fully saturated rings. The maximum absolute atomic E-state index is 3.65. The van der Waals surface area contributed by atoms with Crippen molar-refractivity contribution in [2.75, 3.05) is 5.33 Å². The predicted molar refractivity (Wildman–Crippen MR) is 62.8 cm³/mol.